The Kier molecular flexibility index (Phi) is 8.16. The molecule has 21 rings (SSSR count). The van der Waals surface area contributed by atoms with E-state index in [1.807, 2.05) is 0 Å². The second-order valence-corrected chi connectivity index (χ2v) is 23.1. The number of hydrogen-bond acceptors (Lipinski definition) is 4. The van der Waals surface area contributed by atoms with Gasteiger partial charge in [0.25, 0.3) is 0 Å². The number of fused-ring (bicyclic) bond motifs is 26. The number of rotatable bonds is 6. The van der Waals surface area contributed by atoms with Crippen molar-refractivity contribution in [3.63, 3.8) is 0 Å². The summed E-state index contributed by atoms with van der Waals surface area (Å²) in [4.78, 5) is 5.01. The van der Waals surface area contributed by atoms with Crippen molar-refractivity contribution in [1.82, 2.24) is 13.2 Å². The Balaban J connectivity index is 0.943. The van der Waals surface area contributed by atoms with Gasteiger partial charge in [0.1, 0.15) is 22.2 Å². The zero-order chi connectivity index (χ0) is 54.9. The molecule has 85 heavy (non-hydrogen) atoms. The average molecular weight is 1080 g/mol. The quantitative estimate of drug-likeness (QED) is 0.166. The van der Waals surface area contributed by atoms with Crippen LogP contribution >= 0.6 is 0 Å². The molecule has 0 N–H and O–H groups in total. The van der Waals surface area contributed by atoms with Crippen LogP contribution in [0.3, 0.4) is 0 Å². The molecule has 392 valence electrons. The molecule has 0 saturated heterocycles. The van der Waals surface area contributed by atoms with E-state index in [1.54, 1.807) is 0 Å². The summed E-state index contributed by atoms with van der Waals surface area (Å²) in [5.74, 6) is 0. The van der Waals surface area contributed by atoms with Gasteiger partial charge in [0.05, 0.1) is 50.0 Å². The molecule has 0 bridgehead atoms. The van der Waals surface area contributed by atoms with E-state index >= 15 is 0 Å². The fraction of sp³-hybridized carbons (Fsp3) is 0. The Bertz CT molecular complexity index is 5870. The van der Waals surface area contributed by atoms with Gasteiger partial charge in [0.15, 0.2) is 11.2 Å². The maximum atomic E-state index is 7.33. The van der Waals surface area contributed by atoms with Crippen LogP contribution in [-0.2, 0) is 0 Å². The average Bonchev–Trinajstić information content (AvgIpc) is 1.70. The first-order chi connectivity index (χ1) is 42.2. The van der Waals surface area contributed by atoms with Crippen molar-refractivity contribution in [1.29, 1.82) is 0 Å². The van der Waals surface area contributed by atoms with Crippen LogP contribution in [0.1, 0.15) is 0 Å². The third-order valence-electron chi connectivity index (χ3n) is 18.9. The number of para-hydroxylation sites is 9. The van der Waals surface area contributed by atoms with Crippen molar-refractivity contribution in [3.05, 3.63) is 261 Å². The lowest BCUT2D eigenvalue weighted by atomic mass is 10.00. The first-order valence-corrected chi connectivity index (χ1v) is 29.2. The van der Waals surface area contributed by atoms with E-state index in [0.717, 1.165) is 116 Å². The summed E-state index contributed by atoms with van der Waals surface area (Å²) in [6.07, 6.45) is 0. The minimum absolute atomic E-state index is 0.826. The topological polar surface area (TPSA) is 46.0 Å². The normalized spacial score (nSPS) is 12.7. The van der Waals surface area contributed by atoms with E-state index < -0.39 is 0 Å². The fourth-order valence-corrected chi connectivity index (χ4v) is 15.6. The number of benzene rings is 13. The Hall–Kier alpha value is -11.5. The second kappa shape index (κ2) is 15.7. The first kappa shape index (κ1) is 44.2. The van der Waals surface area contributed by atoms with Crippen LogP contribution in [0.15, 0.2) is 270 Å². The summed E-state index contributed by atoms with van der Waals surface area (Å²) in [7, 11) is 0. The zero-order valence-electron chi connectivity index (χ0n) is 45.4. The van der Waals surface area contributed by atoms with Gasteiger partial charge in [0.2, 0.25) is 0 Å². The largest absolute Gasteiger partial charge is 0.454 e. The number of hydrogen-bond donors (Lipinski definition) is 0. The minimum Gasteiger partial charge on any atom is -0.454 e. The number of anilines is 6. The Morgan fingerprint density at radius 3 is 0.929 bits per heavy atom. The van der Waals surface area contributed by atoms with Gasteiger partial charge < -0.3 is 31.8 Å². The summed E-state index contributed by atoms with van der Waals surface area (Å²) >= 11 is 0. The number of furan rings is 2. The maximum Gasteiger partial charge on any atom is 0.160 e. The molecule has 0 unspecified atom stereocenters. The summed E-state index contributed by atoms with van der Waals surface area (Å²) in [6, 6.07) is 95.7. The Labute approximate surface area is 482 Å². The molecule has 7 nitrogen and oxygen atoms in total. The lowest BCUT2D eigenvalue weighted by Gasteiger charge is -2.27. The summed E-state index contributed by atoms with van der Waals surface area (Å²) in [6.45, 7) is 0. The second-order valence-electron chi connectivity index (χ2n) is 23.1. The van der Waals surface area contributed by atoms with Crippen molar-refractivity contribution in [2.45, 2.75) is 0 Å². The van der Waals surface area contributed by atoms with Crippen molar-refractivity contribution >= 4 is 192 Å². The van der Waals surface area contributed by atoms with E-state index in [1.165, 1.54) is 76.2 Å². The Morgan fingerprint density at radius 1 is 0.224 bits per heavy atom. The van der Waals surface area contributed by atoms with E-state index in [2.05, 4.69) is 284 Å². The van der Waals surface area contributed by atoms with Crippen LogP contribution in [0.2, 0.25) is 0 Å². The highest BCUT2D eigenvalue weighted by Gasteiger charge is 2.33. The lowest BCUT2D eigenvalue weighted by molar-refractivity contribution is 0.670. The van der Waals surface area contributed by atoms with Crippen molar-refractivity contribution in [3.8, 4) is 0 Å². The zero-order valence-corrected chi connectivity index (χ0v) is 45.4. The highest BCUT2D eigenvalue weighted by molar-refractivity contribution is 6.37. The van der Waals surface area contributed by atoms with Crippen molar-refractivity contribution in [2.75, 3.05) is 9.80 Å². The highest BCUT2D eigenvalue weighted by Crippen LogP contribution is 2.56. The van der Waals surface area contributed by atoms with Crippen LogP contribution in [0.25, 0.3) is 158 Å². The molecule has 8 aromatic heterocycles. The molecule has 0 aliphatic carbocycles. The predicted molar refractivity (Wildman–Crippen MR) is 354 cm³/mol. The number of nitrogens with zero attached hydrogens (tertiary/aromatic N) is 5. The molecule has 7 heteroatoms. The molecular weight excluding hydrogens is 1040 g/mol. The van der Waals surface area contributed by atoms with E-state index in [0.29, 0.717) is 0 Å². The highest BCUT2D eigenvalue weighted by atomic mass is 16.3. The van der Waals surface area contributed by atoms with Crippen LogP contribution in [0.4, 0.5) is 34.1 Å². The molecule has 0 aliphatic rings. The third-order valence-corrected chi connectivity index (χ3v) is 18.9. The molecule has 0 spiro atoms. The standard InChI is InChI=1S/C78H43N5O2/c1-3-20-44(21-4-1)79(46-38-56-48-24-7-13-32-62(48)81-63-33-14-8-25-49(63)57(39-46)73(56)81)66-42-60-52-28-11-17-36-68(52)84-77(60)75-70(66)54-30-19-31-55-71-67(43-61-53-29-12-18-37-69(53)85-78(61)76(71)83(75)72(54)55)80(45-22-5-2-6-23-45)47-40-58-50-26-9-15-34-64(50)82-65-35-16-10-27-51(65)59(41-47)74(58)82/h1-43H. The summed E-state index contributed by atoms with van der Waals surface area (Å²) in [5.41, 5.74) is 20.1. The third kappa shape index (κ3) is 5.47. The molecule has 0 saturated carbocycles. The van der Waals surface area contributed by atoms with Gasteiger partial charge >= 0.3 is 0 Å². The molecule has 0 fully saturated rings. The molecule has 0 atom stereocenters. The molecule has 13 aromatic carbocycles. The fourth-order valence-electron chi connectivity index (χ4n) is 15.6. The molecule has 8 heterocycles. The van der Waals surface area contributed by atoms with Crippen molar-refractivity contribution < 1.29 is 8.83 Å². The SMILES string of the molecule is c1ccc(N(c2cc3c4ccccc4n4c5ccccc5c(c2)c34)c2cc3c4ccccc4oc3c3c2c2cccc4c5c(N(c6ccccc6)c6cc7c8ccccc8n8c9ccccc9c(c6)c78)cc6c7ccccc7oc6c5n3c24)cc1. The van der Waals surface area contributed by atoms with Gasteiger partial charge in [-0.3, -0.25) is 0 Å². The number of aromatic nitrogens is 3. The summed E-state index contributed by atoms with van der Waals surface area (Å²) < 4.78 is 22.1. The minimum atomic E-state index is 0.826. The first-order valence-electron chi connectivity index (χ1n) is 29.2. The van der Waals surface area contributed by atoms with E-state index in [-0.39, 0.29) is 0 Å². The Morgan fingerprint density at radius 2 is 0.541 bits per heavy atom. The van der Waals surface area contributed by atoms with Crippen LogP contribution in [0, 0.1) is 0 Å². The summed E-state index contributed by atoms with van der Waals surface area (Å²) in [5, 5.41) is 18.4. The molecule has 21 aromatic rings. The van der Waals surface area contributed by atoms with Gasteiger partial charge in [-0.25, -0.2) is 0 Å². The smallest absolute Gasteiger partial charge is 0.160 e. The van der Waals surface area contributed by atoms with Gasteiger partial charge in [-0.05, 0) is 97.1 Å². The van der Waals surface area contributed by atoms with Crippen molar-refractivity contribution in [2.24, 2.45) is 0 Å². The van der Waals surface area contributed by atoms with Gasteiger partial charge in [-0.1, -0.05) is 164 Å². The van der Waals surface area contributed by atoms with Crippen LogP contribution in [-0.4, -0.2) is 13.2 Å². The van der Waals surface area contributed by atoms with E-state index in [9.17, 15) is 0 Å². The lowest BCUT2D eigenvalue weighted by Crippen LogP contribution is -2.11. The molecule has 0 amide bonds. The predicted octanol–water partition coefficient (Wildman–Crippen LogP) is 21.9. The molecule has 0 radical (unpaired) electrons. The van der Waals surface area contributed by atoms with Gasteiger partial charge in [-0.2, -0.15) is 0 Å². The maximum absolute atomic E-state index is 7.33. The van der Waals surface area contributed by atoms with Gasteiger partial charge in [0, 0.05) is 109 Å². The molecule has 0 aliphatic heterocycles. The van der Waals surface area contributed by atoms with Crippen LogP contribution in [0.5, 0.6) is 0 Å². The molecular formula is C78H43N5O2. The van der Waals surface area contributed by atoms with Gasteiger partial charge in [-0.15, -0.1) is 0 Å². The monoisotopic (exact) mass is 1080 g/mol. The van der Waals surface area contributed by atoms with E-state index in [4.69, 9.17) is 8.83 Å². The van der Waals surface area contributed by atoms with Crippen LogP contribution < -0.4 is 9.80 Å².